The molecule has 1 heterocycles. The Labute approximate surface area is 157 Å². The van der Waals surface area contributed by atoms with Gasteiger partial charge in [0.25, 0.3) is 0 Å². The molecule has 2 aromatic rings. The molecular formula is C22H30N2O2. The Balaban J connectivity index is 1.40. The average molecular weight is 354 g/mol. The van der Waals surface area contributed by atoms with Gasteiger partial charge >= 0.3 is 0 Å². The van der Waals surface area contributed by atoms with Crippen molar-refractivity contribution in [1.82, 2.24) is 9.80 Å². The molecule has 2 aromatic carbocycles. The van der Waals surface area contributed by atoms with Crippen LogP contribution in [-0.4, -0.2) is 60.3 Å². The molecule has 4 nitrogen and oxygen atoms in total. The molecule has 0 aliphatic carbocycles. The van der Waals surface area contributed by atoms with E-state index < -0.39 is 6.10 Å². The molecule has 1 aliphatic rings. The van der Waals surface area contributed by atoms with Crippen LogP contribution in [0.5, 0.6) is 5.75 Å². The van der Waals surface area contributed by atoms with Gasteiger partial charge in [0.2, 0.25) is 0 Å². The Morgan fingerprint density at radius 1 is 0.885 bits per heavy atom. The number of para-hydroxylation sites is 1. The minimum atomic E-state index is -0.463. The Morgan fingerprint density at radius 3 is 2.15 bits per heavy atom. The summed E-state index contributed by atoms with van der Waals surface area (Å²) in [6.07, 6.45) is -0.463. The molecule has 140 valence electrons. The molecule has 1 saturated heterocycles. The van der Waals surface area contributed by atoms with E-state index in [-0.39, 0.29) is 0 Å². The minimum Gasteiger partial charge on any atom is -0.490 e. The maximum atomic E-state index is 10.4. The van der Waals surface area contributed by atoms with Crippen molar-refractivity contribution in [2.24, 2.45) is 0 Å². The van der Waals surface area contributed by atoms with Crippen LogP contribution in [0.1, 0.15) is 16.7 Å². The Hall–Kier alpha value is -1.88. The molecule has 0 spiro atoms. The number of aliphatic hydroxyl groups is 1. The van der Waals surface area contributed by atoms with E-state index in [0.29, 0.717) is 13.2 Å². The molecule has 0 bridgehead atoms. The topological polar surface area (TPSA) is 35.9 Å². The lowest BCUT2D eigenvalue weighted by Gasteiger charge is -2.35. The van der Waals surface area contributed by atoms with E-state index in [1.165, 1.54) is 5.56 Å². The third kappa shape index (κ3) is 5.31. The van der Waals surface area contributed by atoms with Crippen molar-refractivity contribution >= 4 is 0 Å². The summed E-state index contributed by atoms with van der Waals surface area (Å²) in [5.41, 5.74) is 3.60. The standard InChI is InChI=1S/C22H30N2O2/c1-18-7-6-8-19(2)22(18)26-17-21(25)16-24-13-11-23(12-14-24)15-20-9-4-3-5-10-20/h3-10,21,25H,11-17H2,1-2H3. The second-order valence-corrected chi connectivity index (χ2v) is 7.25. The fourth-order valence-corrected chi connectivity index (χ4v) is 3.53. The quantitative estimate of drug-likeness (QED) is 0.829. The third-order valence-electron chi connectivity index (χ3n) is 5.01. The zero-order valence-electron chi connectivity index (χ0n) is 15.9. The highest BCUT2D eigenvalue weighted by Crippen LogP contribution is 2.22. The normalized spacial score (nSPS) is 17.2. The SMILES string of the molecule is Cc1cccc(C)c1OCC(O)CN1CCN(Cc2ccccc2)CC1. The first-order chi connectivity index (χ1) is 12.6. The molecule has 1 fully saturated rings. The van der Waals surface area contributed by atoms with Gasteiger partial charge < -0.3 is 9.84 Å². The molecule has 3 rings (SSSR count). The zero-order chi connectivity index (χ0) is 18.4. The van der Waals surface area contributed by atoms with Crippen molar-refractivity contribution in [3.63, 3.8) is 0 Å². The predicted molar refractivity (Wildman–Crippen MR) is 106 cm³/mol. The lowest BCUT2D eigenvalue weighted by atomic mass is 10.1. The molecule has 0 amide bonds. The summed E-state index contributed by atoms with van der Waals surface area (Å²) >= 11 is 0. The van der Waals surface area contributed by atoms with E-state index in [1.807, 2.05) is 32.0 Å². The molecule has 1 N–H and O–H groups in total. The average Bonchev–Trinajstić information content (AvgIpc) is 2.64. The number of β-amino-alcohol motifs (C(OH)–C–C–N with tert-alkyl or cyclic N) is 1. The number of nitrogens with zero attached hydrogens (tertiary/aromatic N) is 2. The minimum absolute atomic E-state index is 0.343. The van der Waals surface area contributed by atoms with E-state index in [1.54, 1.807) is 0 Å². The summed E-state index contributed by atoms with van der Waals surface area (Å²) in [6.45, 7) is 10.2. The van der Waals surface area contributed by atoms with Crippen LogP contribution >= 0.6 is 0 Å². The van der Waals surface area contributed by atoms with E-state index in [2.05, 4.69) is 40.1 Å². The molecule has 4 heteroatoms. The van der Waals surface area contributed by atoms with Crippen LogP contribution in [0.3, 0.4) is 0 Å². The van der Waals surface area contributed by atoms with E-state index in [0.717, 1.165) is 49.6 Å². The number of aliphatic hydroxyl groups excluding tert-OH is 1. The van der Waals surface area contributed by atoms with E-state index >= 15 is 0 Å². The number of piperazine rings is 1. The Morgan fingerprint density at radius 2 is 1.50 bits per heavy atom. The van der Waals surface area contributed by atoms with Gasteiger partial charge in [0.05, 0.1) is 0 Å². The van der Waals surface area contributed by atoms with Crippen LogP contribution < -0.4 is 4.74 Å². The van der Waals surface area contributed by atoms with Crippen molar-refractivity contribution in [2.45, 2.75) is 26.5 Å². The second-order valence-electron chi connectivity index (χ2n) is 7.25. The summed E-state index contributed by atoms with van der Waals surface area (Å²) in [5, 5.41) is 10.4. The van der Waals surface area contributed by atoms with Crippen LogP contribution in [-0.2, 0) is 6.54 Å². The highest BCUT2D eigenvalue weighted by Gasteiger charge is 2.19. The highest BCUT2D eigenvalue weighted by atomic mass is 16.5. The van der Waals surface area contributed by atoms with Gasteiger partial charge in [-0.3, -0.25) is 9.80 Å². The van der Waals surface area contributed by atoms with Gasteiger partial charge in [0, 0.05) is 39.3 Å². The Kier molecular flexibility index (Phi) is 6.67. The van der Waals surface area contributed by atoms with Crippen LogP contribution in [0, 0.1) is 13.8 Å². The number of aryl methyl sites for hydroxylation is 2. The van der Waals surface area contributed by atoms with Crippen LogP contribution in [0.25, 0.3) is 0 Å². The fraction of sp³-hybridized carbons (Fsp3) is 0.455. The molecule has 26 heavy (non-hydrogen) atoms. The lowest BCUT2D eigenvalue weighted by molar-refractivity contribution is 0.0443. The fourth-order valence-electron chi connectivity index (χ4n) is 3.53. The first-order valence-corrected chi connectivity index (χ1v) is 9.47. The molecule has 1 aliphatic heterocycles. The van der Waals surface area contributed by atoms with Gasteiger partial charge in [-0.25, -0.2) is 0 Å². The monoisotopic (exact) mass is 354 g/mol. The maximum absolute atomic E-state index is 10.4. The zero-order valence-corrected chi connectivity index (χ0v) is 15.9. The summed E-state index contributed by atoms with van der Waals surface area (Å²) in [5.74, 6) is 0.902. The second kappa shape index (κ2) is 9.17. The van der Waals surface area contributed by atoms with Crippen molar-refractivity contribution in [3.05, 3.63) is 65.2 Å². The highest BCUT2D eigenvalue weighted by molar-refractivity contribution is 5.39. The molecule has 0 radical (unpaired) electrons. The summed E-state index contributed by atoms with van der Waals surface area (Å²) in [4.78, 5) is 4.81. The number of hydrogen-bond donors (Lipinski definition) is 1. The predicted octanol–water partition coefficient (Wildman–Crippen LogP) is 2.86. The lowest BCUT2D eigenvalue weighted by Crippen LogP contribution is -2.48. The van der Waals surface area contributed by atoms with E-state index in [4.69, 9.17) is 4.74 Å². The summed E-state index contributed by atoms with van der Waals surface area (Å²) in [6, 6.07) is 16.7. The smallest absolute Gasteiger partial charge is 0.125 e. The maximum Gasteiger partial charge on any atom is 0.125 e. The van der Waals surface area contributed by atoms with E-state index in [9.17, 15) is 5.11 Å². The van der Waals surface area contributed by atoms with Crippen molar-refractivity contribution in [3.8, 4) is 5.75 Å². The molecule has 1 unspecified atom stereocenters. The van der Waals surface area contributed by atoms with Gasteiger partial charge in [-0.1, -0.05) is 48.5 Å². The third-order valence-corrected chi connectivity index (χ3v) is 5.01. The van der Waals surface area contributed by atoms with Gasteiger partial charge in [0.15, 0.2) is 0 Å². The van der Waals surface area contributed by atoms with Gasteiger partial charge in [-0.05, 0) is 30.5 Å². The number of hydrogen-bond acceptors (Lipinski definition) is 4. The first-order valence-electron chi connectivity index (χ1n) is 9.47. The number of rotatable bonds is 7. The van der Waals surface area contributed by atoms with Gasteiger partial charge in [0.1, 0.15) is 18.5 Å². The number of benzene rings is 2. The largest absolute Gasteiger partial charge is 0.490 e. The van der Waals surface area contributed by atoms with Crippen LogP contribution in [0.4, 0.5) is 0 Å². The van der Waals surface area contributed by atoms with Crippen molar-refractivity contribution in [1.29, 1.82) is 0 Å². The summed E-state index contributed by atoms with van der Waals surface area (Å²) < 4.78 is 5.88. The molecular weight excluding hydrogens is 324 g/mol. The first kappa shape index (κ1) is 18.9. The van der Waals surface area contributed by atoms with Crippen LogP contribution in [0.2, 0.25) is 0 Å². The van der Waals surface area contributed by atoms with Crippen LogP contribution in [0.15, 0.2) is 48.5 Å². The van der Waals surface area contributed by atoms with Gasteiger partial charge in [-0.2, -0.15) is 0 Å². The molecule has 0 saturated carbocycles. The molecule has 0 aromatic heterocycles. The summed E-state index contributed by atoms with van der Waals surface area (Å²) in [7, 11) is 0. The van der Waals surface area contributed by atoms with Crippen molar-refractivity contribution < 1.29 is 9.84 Å². The molecule has 1 atom stereocenters. The van der Waals surface area contributed by atoms with Crippen molar-refractivity contribution in [2.75, 3.05) is 39.3 Å². The Bertz CT molecular complexity index is 662. The van der Waals surface area contributed by atoms with Gasteiger partial charge in [-0.15, -0.1) is 0 Å². The number of ether oxygens (including phenoxy) is 1.